The standard InChI is InChI=1S/C10H19NO2/c1-2-3-4-5-6-7-8-9-11-10(12)13/h5-6,11H,2-4,7-9H2,1H3,(H,12,13)/b6-5+. The Morgan fingerprint density at radius 3 is 2.46 bits per heavy atom. The second-order valence-electron chi connectivity index (χ2n) is 2.99. The molecule has 3 nitrogen and oxygen atoms in total. The monoisotopic (exact) mass is 185 g/mol. The van der Waals surface area contributed by atoms with E-state index >= 15 is 0 Å². The first-order valence-electron chi connectivity index (χ1n) is 4.89. The Morgan fingerprint density at radius 1 is 1.31 bits per heavy atom. The molecule has 0 heterocycles. The maximum absolute atomic E-state index is 10.0. The lowest BCUT2D eigenvalue weighted by Gasteiger charge is -1.96. The van der Waals surface area contributed by atoms with Crippen LogP contribution in [0.15, 0.2) is 12.2 Å². The number of hydrogen-bond donors (Lipinski definition) is 2. The van der Waals surface area contributed by atoms with Gasteiger partial charge in [-0.3, -0.25) is 0 Å². The fourth-order valence-corrected chi connectivity index (χ4v) is 0.973. The predicted octanol–water partition coefficient (Wildman–Crippen LogP) is 2.78. The van der Waals surface area contributed by atoms with E-state index in [-0.39, 0.29) is 0 Å². The van der Waals surface area contributed by atoms with Crippen molar-refractivity contribution in [1.82, 2.24) is 5.32 Å². The van der Waals surface area contributed by atoms with Gasteiger partial charge in [0, 0.05) is 6.54 Å². The number of carbonyl (C=O) groups is 1. The third kappa shape index (κ3) is 11.0. The molecule has 13 heavy (non-hydrogen) atoms. The molecule has 76 valence electrons. The van der Waals surface area contributed by atoms with Gasteiger partial charge in [-0.1, -0.05) is 31.9 Å². The van der Waals surface area contributed by atoms with Gasteiger partial charge in [0.05, 0.1) is 0 Å². The molecule has 0 aromatic rings. The van der Waals surface area contributed by atoms with Crippen LogP contribution in [0.2, 0.25) is 0 Å². The summed E-state index contributed by atoms with van der Waals surface area (Å²) in [6, 6.07) is 0. The fourth-order valence-electron chi connectivity index (χ4n) is 0.973. The zero-order valence-corrected chi connectivity index (χ0v) is 8.25. The first kappa shape index (κ1) is 12.0. The summed E-state index contributed by atoms with van der Waals surface area (Å²) in [5, 5.41) is 10.6. The molecule has 0 spiro atoms. The highest BCUT2D eigenvalue weighted by atomic mass is 16.4. The highest BCUT2D eigenvalue weighted by molar-refractivity contribution is 5.64. The van der Waals surface area contributed by atoms with E-state index in [1.807, 2.05) is 0 Å². The third-order valence-corrected chi connectivity index (χ3v) is 1.71. The zero-order valence-electron chi connectivity index (χ0n) is 8.25. The van der Waals surface area contributed by atoms with Crippen molar-refractivity contribution in [2.24, 2.45) is 0 Å². The van der Waals surface area contributed by atoms with Crippen LogP contribution >= 0.6 is 0 Å². The molecule has 1 amide bonds. The smallest absolute Gasteiger partial charge is 0.404 e. The highest BCUT2D eigenvalue weighted by Gasteiger charge is 1.90. The van der Waals surface area contributed by atoms with Gasteiger partial charge in [0.25, 0.3) is 0 Å². The topological polar surface area (TPSA) is 49.3 Å². The zero-order chi connectivity index (χ0) is 9.94. The van der Waals surface area contributed by atoms with Crippen molar-refractivity contribution in [1.29, 1.82) is 0 Å². The SMILES string of the molecule is CCCC/C=C/CCCNC(=O)O. The number of rotatable bonds is 7. The van der Waals surface area contributed by atoms with E-state index in [0.29, 0.717) is 6.54 Å². The number of unbranched alkanes of at least 4 members (excludes halogenated alkanes) is 3. The van der Waals surface area contributed by atoms with Gasteiger partial charge < -0.3 is 10.4 Å². The first-order valence-corrected chi connectivity index (χ1v) is 4.89. The van der Waals surface area contributed by atoms with Gasteiger partial charge in [-0.25, -0.2) is 4.79 Å². The van der Waals surface area contributed by atoms with Crippen LogP contribution in [0, 0.1) is 0 Å². The molecule has 2 N–H and O–H groups in total. The minimum Gasteiger partial charge on any atom is -0.465 e. The normalized spacial score (nSPS) is 10.5. The maximum atomic E-state index is 10.0. The molecule has 0 radical (unpaired) electrons. The van der Waals surface area contributed by atoms with Crippen LogP contribution in [0.1, 0.15) is 39.0 Å². The molecule has 0 aromatic heterocycles. The molecule has 0 aliphatic carbocycles. The molecule has 0 aliphatic heterocycles. The summed E-state index contributed by atoms with van der Waals surface area (Å²) in [5.74, 6) is 0. The van der Waals surface area contributed by atoms with E-state index in [0.717, 1.165) is 19.3 Å². The number of allylic oxidation sites excluding steroid dienone is 2. The molecule has 0 saturated heterocycles. The summed E-state index contributed by atoms with van der Waals surface area (Å²) in [7, 11) is 0. The molecule has 3 heteroatoms. The van der Waals surface area contributed by atoms with Gasteiger partial charge in [0.15, 0.2) is 0 Å². The van der Waals surface area contributed by atoms with Gasteiger partial charge in [0.1, 0.15) is 0 Å². The lowest BCUT2D eigenvalue weighted by atomic mass is 10.2. The number of hydrogen-bond acceptors (Lipinski definition) is 1. The van der Waals surface area contributed by atoms with E-state index < -0.39 is 6.09 Å². The molecule has 0 fully saturated rings. The molecular weight excluding hydrogens is 166 g/mol. The van der Waals surface area contributed by atoms with E-state index in [1.54, 1.807) is 0 Å². The van der Waals surface area contributed by atoms with Gasteiger partial charge in [-0.05, 0) is 19.3 Å². The summed E-state index contributed by atoms with van der Waals surface area (Å²) in [5.41, 5.74) is 0. The van der Waals surface area contributed by atoms with Crippen molar-refractivity contribution in [3.63, 3.8) is 0 Å². The van der Waals surface area contributed by atoms with Crippen molar-refractivity contribution in [3.8, 4) is 0 Å². The molecule has 0 saturated carbocycles. The fraction of sp³-hybridized carbons (Fsp3) is 0.700. The van der Waals surface area contributed by atoms with Gasteiger partial charge >= 0.3 is 6.09 Å². The molecule has 0 aromatic carbocycles. The summed E-state index contributed by atoms with van der Waals surface area (Å²) in [6.07, 6.45) is 8.81. The minimum absolute atomic E-state index is 0.549. The number of amides is 1. The first-order chi connectivity index (χ1) is 6.27. The molecule has 0 rings (SSSR count). The highest BCUT2D eigenvalue weighted by Crippen LogP contribution is 1.97. The third-order valence-electron chi connectivity index (χ3n) is 1.71. The van der Waals surface area contributed by atoms with Crippen LogP contribution in [0.25, 0.3) is 0 Å². The van der Waals surface area contributed by atoms with Crippen LogP contribution in [0.4, 0.5) is 4.79 Å². The Morgan fingerprint density at radius 2 is 1.92 bits per heavy atom. The average molecular weight is 185 g/mol. The largest absolute Gasteiger partial charge is 0.465 e. The summed E-state index contributed by atoms with van der Waals surface area (Å²) in [4.78, 5) is 10.0. The van der Waals surface area contributed by atoms with Crippen molar-refractivity contribution in [2.45, 2.75) is 39.0 Å². The van der Waals surface area contributed by atoms with Gasteiger partial charge in [-0.15, -0.1) is 0 Å². The van der Waals surface area contributed by atoms with Gasteiger partial charge in [-0.2, -0.15) is 0 Å². The van der Waals surface area contributed by atoms with Crippen LogP contribution in [0.5, 0.6) is 0 Å². The Hall–Kier alpha value is -0.990. The Kier molecular flexibility index (Phi) is 8.41. The average Bonchev–Trinajstić information content (AvgIpc) is 2.09. The molecule has 0 bridgehead atoms. The summed E-state index contributed by atoms with van der Waals surface area (Å²) >= 11 is 0. The summed E-state index contributed by atoms with van der Waals surface area (Å²) < 4.78 is 0. The molecular formula is C10H19NO2. The van der Waals surface area contributed by atoms with Gasteiger partial charge in [0.2, 0.25) is 0 Å². The molecule has 0 unspecified atom stereocenters. The van der Waals surface area contributed by atoms with Crippen molar-refractivity contribution in [3.05, 3.63) is 12.2 Å². The molecule has 0 aliphatic rings. The predicted molar refractivity (Wildman–Crippen MR) is 53.9 cm³/mol. The number of nitrogens with one attached hydrogen (secondary N) is 1. The van der Waals surface area contributed by atoms with Crippen LogP contribution in [-0.4, -0.2) is 17.7 Å². The van der Waals surface area contributed by atoms with E-state index in [1.165, 1.54) is 12.8 Å². The number of carboxylic acid groups (broad SMARTS) is 1. The Labute approximate surface area is 79.8 Å². The lowest BCUT2D eigenvalue weighted by Crippen LogP contribution is -2.21. The van der Waals surface area contributed by atoms with Crippen LogP contribution in [-0.2, 0) is 0 Å². The van der Waals surface area contributed by atoms with Crippen molar-refractivity contribution >= 4 is 6.09 Å². The van der Waals surface area contributed by atoms with Crippen LogP contribution in [0.3, 0.4) is 0 Å². The second-order valence-corrected chi connectivity index (χ2v) is 2.99. The molecule has 0 atom stereocenters. The second kappa shape index (κ2) is 9.10. The minimum atomic E-state index is -0.935. The van der Waals surface area contributed by atoms with Crippen molar-refractivity contribution in [2.75, 3.05) is 6.54 Å². The van der Waals surface area contributed by atoms with Crippen molar-refractivity contribution < 1.29 is 9.90 Å². The Balaban J connectivity index is 3.06. The van der Waals surface area contributed by atoms with E-state index in [4.69, 9.17) is 5.11 Å². The lowest BCUT2D eigenvalue weighted by molar-refractivity contribution is 0.194. The van der Waals surface area contributed by atoms with Crippen LogP contribution < -0.4 is 5.32 Å². The van der Waals surface area contributed by atoms with E-state index in [9.17, 15) is 4.79 Å². The maximum Gasteiger partial charge on any atom is 0.404 e. The summed E-state index contributed by atoms with van der Waals surface area (Å²) in [6.45, 7) is 2.72. The quantitative estimate of drug-likeness (QED) is 0.473. The Bertz CT molecular complexity index is 155. The van der Waals surface area contributed by atoms with E-state index in [2.05, 4.69) is 24.4 Å².